The lowest BCUT2D eigenvalue weighted by molar-refractivity contribution is -0.384. The summed E-state index contributed by atoms with van der Waals surface area (Å²) in [6, 6.07) is 7.61. The van der Waals surface area contributed by atoms with Gasteiger partial charge in [-0.15, -0.1) is 0 Å². The lowest BCUT2D eigenvalue weighted by Crippen LogP contribution is -2.41. The van der Waals surface area contributed by atoms with Crippen molar-refractivity contribution in [3.8, 4) is 11.5 Å². The van der Waals surface area contributed by atoms with Gasteiger partial charge in [0.05, 0.1) is 30.8 Å². The molecule has 0 unspecified atom stereocenters. The summed E-state index contributed by atoms with van der Waals surface area (Å²) in [7, 11) is 1.43. The van der Waals surface area contributed by atoms with Crippen LogP contribution in [0.3, 0.4) is 0 Å². The minimum atomic E-state index is -0.859. The number of nitrogens with zero attached hydrogens (tertiary/aromatic N) is 1. The van der Waals surface area contributed by atoms with Gasteiger partial charge in [-0.3, -0.25) is 30.6 Å². The minimum absolute atomic E-state index is 0.0604. The first-order valence-corrected chi connectivity index (χ1v) is 9.68. The van der Waals surface area contributed by atoms with E-state index in [0.29, 0.717) is 18.1 Å². The molecule has 170 valence electrons. The molecule has 0 aliphatic heterocycles. The average molecular weight is 445 g/mol. The van der Waals surface area contributed by atoms with Crippen LogP contribution in [0.2, 0.25) is 0 Å². The van der Waals surface area contributed by atoms with E-state index in [1.165, 1.54) is 19.2 Å². The second-order valence-corrected chi connectivity index (χ2v) is 6.37. The number of carbonyl (C=O) groups is 3. The number of carbonyl (C=O) groups excluding carboxylic acids is 3. The van der Waals surface area contributed by atoms with Crippen LogP contribution in [0.1, 0.15) is 51.3 Å². The molecule has 0 saturated carbocycles. The van der Waals surface area contributed by atoms with E-state index in [1.807, 2.05) is 6.92 Å². The molecule has 2 aromatic rings. The number of nitrogens with one attached hydrogen (secondary N) is 2. The smallest absolute Gasteiger partial charge is 0.338 e. The van der Waals surface area contributed by atoms with E-state index < -0.39 is 28.4 Å². The number of methoxy groups -OCH3 is 1. The van der Waals surface area contributed by atoms with Crippen LogP contribution in [-0.2, 0) is 4.74 Å². The van der Waals surface area contributed by atoms with Gasteiger partial charge >= 0.3 is 5.97 Å². The van der Waals surface area contributed by atoms with Crippen LogP contribution < -0.4 is 20.3 Å². The van der Waals surface area contributed by atoms with Crippen molar-refractivity contribution in [1.29, 1.82) is 0 Å². The predicted molar refractivity (Wildman–Crippen MR) is 113 cm³/mol. The first kappa shape index (κ1) is 24.1. The summed E-state index contributed by atoms with van der Waals surface area (Å²) in [5.41, 5.74) is 3.71. The highest BCUT2D eigenvalue weighted by Gasteiger charge is 2.19. The van der Waals surface area contributed by atoms with Crippen molar-refractivity contribution in [2.24, 2.45) is 0 Å². The summed E-state index contributed by atoms with van der Waals surface area (Å²) < 4.78 is 15.6. The molecular formula is C21H23N3O8. The van der Waals surface area contributed by atoms with Gasteiger partial charge in [0, 0.05) is 23.3 Å². The molecule has 0 heterocycles. The largest absolute Gasteiger partial charge is 0.493 e. The summed E-state index contributed by atoms with van der Waals surface area (Å²) >= 11 is 0. The fourth-order valence-electron chi connectivity index (χ4n) is 2.58. The Morgan fingerprint density at radius 3 is 2.19 bits per heavy atom. The second-order valence-electron chi connectivity index (χ2n) is 6.37. The molecule has 0 spiro atoms. The van der Waals surface area contributed by atoms with Crippen LogP contribution >= 0.6 is 0 Å². The molecule has 2 aromatic carbocycles. The maximum Gasteiger partial charge on any atom is 0.338 e. The number of rotatable bonds is 9. The highest BCUT2D eigenvalue weighted by atomic mass is 16.6. The number of nitro benzene ring substituents is 1. The quantitative estimate of drug-likeness (QED) is 0.340. The van der Waals surface area contributed by atoms with Gasteiger partial charge in [0.25, 0.3) is 17.5 Å². The summed E-state index contributed by atoms with van der Waals surface area (Å²) in [5, 5.41) is 11.1. The van der Waals surface area contributed by atoms with Crippen molar-refractivity contribution in [3.63, 3.8) is 0 Å². The molecule has 0 aliphatic rings. The zero-order valence-corrected chi connectivity index (χ0v) is 17.8. The van der Waals surface area contributed by atoms with Crippen LogP contribution in [0.5, 0.6) is 11.5 Å². The Morgan fingerprint density at radius 2 is 1.59 bits per heavy atom. The van der Waals surface area contributed by atoms with E-state index in [4.69, 9.17) is 14.2 Å². The molecule has 0 bridgehead atoms. The van der Waals surface area contributed by atoms with Gasteiger partial charge in [0.15, 0.2) is 11.5 Å². The van der Waals surface area contributed by atoms with Gasteiger partial charge in [-0.05, 0) is 37.6 Å². The molecule has 0 aliphatic carbocycles. The SMILES string of the molecule is CCCOc1ccc(C(=O)NNC(=O)c2cc(C(=O)OCC)cc([N+](=O)[O-])c2)cc1OC. The second kappa shape index (κ2) is 11.3. The topological polar surface area (TPSA) is 146 Å². The fraction of sp³-hybridized carbons (Fsp3) is 0.286. The van der Waals surface area contributed by atoms with Gasteiger partial charge in [-0.1, -0.05) is 6.92 Å². The number of hydrogen-bond acceptors (Lipinski definition) is 8. The molecule has 2 rings (SSSR count). The van der Waals surface area contributed by atoms with Crippen LogP contribution in [-0.4, -0.2) is 43.0 Å². The molecule has 32 heavy (non-hydrogen) atoms. The maximum atomic E-state index is 12.4. The number of nitro groups is 1. The van der Waals surface area contributed by atoms with Gasteiger partial charge in [0.1, 0.15) is 0 Å². The van der Waals surface area contributed by atoms with Crippen molar-refractivity contribution >= 4 is 23.5 Å². The van der Waals surface area contributed by atoms with Gasteiger partial charge < -0.3 is 14.2 Å². The highest BCUT2D eigenvalue weighted by Crippen LogP contribution is 2.28. The Labute approximate surface area is 183 Å². The molecule has 0 fully saturated rings. The Hall–Kier alpha value is -4.15. The van der Waals surface area contributed by atoms with E-state index in [2.05, 4.69) is 10.9 Å². The molecule has 0 aromatic heterocycles. The van der Waals surface area contributed by atoms with Crippen molar-refractivity contribution in [3.05, 3.63) is 63.2 Å². The molecule has 0 saturated heterocycles. The van der Waals surface area contributed by atoms with Crippen LogP contribution in [0.25, 0.3) is 0 Å². The molecule has 11 heteroatoms. The number of benzene rings is 2. The summed E-state index contributed by atoms with van der Waals surface area (Å²) in [4.78, 5) is 47.2. The van der Waals surface area contributed by atoms with Gasteiger partial charge in [-0.25, -0.2) is 4.79 Å². The third-order valence-corrected chi connectivity index (χ3v) is 4.08. The predicted octanol–water partition coefficient (Wildman–Crippen LogP) is 2.64. The number of ether oxygens (including phenoxy) is 3. The van der Waals surface area contributed by atoms with Gasteiger partial charge in [0.2, 0.25) is 0 Å². The number of hydrazine groups is 1. The molecule has 11 nitrogen and oxygen atoms in total. The van der Waals surface area contributed by atoms with Crippen LogP contribution in [0.4, 0.5) is 5.69 Å². The Morgan fingerprint density at radius 1 is 0.938 bits per heavy atom. The van der Waals surface area contributed by atoms with Crippen molar-refractivity contribution in [2.45, 2.75) is 20.3 Å². The van der Waals surface area contributed by atoms with Crippen LogP contribution in [0.15, 0.2) is 36.4 Å². The first-order chi connectivity index (χ1) is 15.3. The average Bonchev–Trinajstić information content (AvgIpc) is 2.80. The monoisotopic (exact) mass is 445 g/mol. The van der Waals surface area contributed by atoms with Crippen LogP contribution in [0, 0.1) is 10.1 Å². The normalized spacial score (nSPS) is 10.1. The van der Waals surface area contributed by atoms with E-state index in [-0.39, 0.29) is 23.3 Å². The highest BCUT2D eigenvalue weighted by molar-refractivity contribution is 6.01. The summed E-state index contributed by atoms with van der Waals surface area (Å²) in [6.45, 7) is 4.07. The van der Waals surface area contributed by atoms with Crippen molar-refractivity contribution < 1.29 is 33.5 Å². The lowest BCUT2D eigenvalue weighted by Gasteiger charge is -2.12. The van der Waals surface area contributed by atoms with E-state index in [0.717, 1.165) is 24.6 Å². The third kappa shape index (κ3) is 6.17. The zero-order chi connectivity index (χ0) is 23.7. The third-order valence-electron chi connectivity index (χ3n) is 4.08. The number of amides is 2. The first-order valence-electron chi connectivity index (χ1n) is 9.68. The number of esters is 1. The lowest BCUT2D eigenvalue weighted by atomic mass is 10.1. The van der Waals surface area contributed by atoms with E-state index >= 15 is 0 Å². The maximum absolute atomic E-state index is 12.4. The Kier molecular flexibility index (Phi) is 8.52. The molecule has 0 atom stereocenters. The zero-order valence-electron chi connectivity index (χ0n) is 17.8. The van der Waals surface area contributed by atoms with E-state index in [9.17, 15) is 24.5 Å². The molecule has 2 amide bonds. The molecule has 2 N–H and O–H groups in total. The number of hydrogen-bond donors (Lipinski definition) is 2. The van der Waals surface area contributed by atoms with E-state index in [1.54, 1.807) is 13.0 Å². The molecule has 0 radical (unpaired) electrons. The standard InChI is InChI=1S/C21H23N3O8/c1-4-8-32-17-7-6-13(12-18(17)30-3)19(25)22-23-20(26)14-9-15(21(27)31-5-2)11-16(10-14)24(28)29/h6-7,9-12H,4-5,8H2,1-3H3,(H,22,25)(H,23,26). The van der Waals surface area contributed by atoms with Gasteiger partial charge in [-0.2, -0.15) is 0 Å². The number of non-ortho nitro benzene ring substituents is 1. The molecular weight excluding hydrogens is 422 g/mol. The summed E-state index contributed by atoms with van der Waals surface area (Å²) in [5.74, 6) is -1.52. The Balaban J connectivity index is 2.15. The fourth-order valence-corrected chi connectivity index (χ4v) is 2.58. The minimum Gasteiger partial charge on any atom is -0.493 e. The van der Waals surface area contributed by atoms with Crippen molar-refractivity contribution in [2.75, 3.05) is 20.3 Å². The van der Waals surface area contributed by atoms with Crippen molar-refractivity contribution in [1.82, 2.24) is 10.9 Å². The Bertz CT molecular complexity index is 1020. The summed E-state index contributed by atoms with van der Waals surface area (Å²) in [6.07, 6.45) is 0.799.